The predicted octanol–water partition coefficient (Wildman–Crippen LogP) is 2.77. The van der Waals surface area contributed by atoms with Crippen molar-refractivity contribution in [3.8, 4) is 0 Å². The molecule has 0 fully saturated rings. The van der Waals surface area contributed by atoms with Crippen molar-refractivity contribution in [1.29, 1.82) is 0 Å². The second-order valence-electron chi connectivity index (χ2n) is 2.55. The van der Waals surface area contributed by atoms with Gasteiger partial charge in [0.2, 0.25) is 0 Å². The van der Waals surface area contributed by atoms with E-state index in [0.717, 1.165) is 19.8 Å². The van der Waals surface area contributed by atoms with Gasteiger partial charge in [0.1, 0.15) is 0 Å². The first-order valence-electron chi connectivity index (χ1n) is 5.47. The molecular formula is C11H22N2O. The van der Waals surface area contributed by atoms with Gasteiger partial charge in [0.25, 0.3) is 0 Å². The zero-order valence-corrected chi connectivity index (χ0v) is 10.0. The van der Waals surface area contributed by atoms with E-state index in [-0.39, 0.29) is 0 Å². The van der Waals surface area contributed by atoms with Crippen molar-refractivity contribution in [2.45, 2.75) is 47.8 Å². The largest absolute Gasteiger partial charge is 0.373 e. The molecule has 0 saturated carbocycles. The monoisotopic (exact) mass is 198 g/mol. The van der Waals surface area contributed by atoms with Crippen molar-refractivity contribution in [3.63, 3.8) is 0 Å². The van der Waals surface area contributed by atoms with Crippen LogP contribution in [-0.4, -0.2) is 16.4 Å². The first kappa shape index (κ1) is 13.2. The van der Waals surface area contributed by atoms with E-state index in [1.165, 1.54) is 11.3 Å². The summed E-state index contributed by atoms with van der Waals surface area (Å²) in [4.78, 5) is 0. The zero-order chi connectivity index (χ0) is 11.0. The molecule has 1 aliphatic rings. The Balaban J connectivity index is 0.000000379. The summed E-state index contributed by atoms with van der Waals surface area (Å²) in [5, 5.41) is 4.19. The lowest BCUT2D eigenvalue weighted by atomic mass is 10.3. The van der Waals surface area contributed by atoms with Crippen molar-refractivity contribution in [2.24, 2.45) is 0 Å². The molecule has 3 heteroatoms. The molecule has 0 amide bonds. The van der Waals surface area contributed by atoms with Crippen LogP contribution >= 0.6 is 0 Å². The number of hydrogen-bond donors (Lipinski definition) is 0. The van der Waals surface area contributed by atoms with Gasteiger partial charge < -0.3 is 4.74 Å². The van der Waals surface area contributed by atoms with Gasteiger partial charge in [-0.2, -0.15) is 5.10 Å². The molecule has 0 bridgehead atoms. The minimum absolute atomic E-state index is 0.728. The predicted molar refractivity (Wildman–Crippen MR) is 59.3 cm³/mol. The number of nitrogens with zero attached hydrogens (tertiary/aromatic N) is 2. The molecule has 0 atom stereocenters. The molecule has 1 aromatic rings. The summed E-state index contributed by atoms with van der Waals surface area (Å²) in [6.07, 6.45) is 1.89. The van der Waals surface area contributed by atoms with E-state index in [1.54, 1.807) is 0 Å². The van der Waals surface area contributed by atoms with Crippen LogP contribution in [0.3, 0.4) is 0 Å². The molecule has 0 N–H and O–H groups in total. The zero-order valence-electron chi connectivity index (χ0n) is 10.0. The van der Waals surface area contributed by atoms with Gasteiger partial charge in [-0.25, -0.2) is 0 Å². The van der Waals surface area contributed by atoms with Gasteiger partial charge in [0.15, 0.2) is 0 Å². The van der Waals surface area contributed by atoms with E-state index in [4.69, 9.17) is 4.74 Å². The van der Waals surface area contributed by atoms with E-state index >= 15 is 0 Å². The topological polar surface area (TPSA) is 27.1 Å². The van der Waals surface area contributed by atoms with E-state index in [1.807, 2.05) is 38.6 Å². The summed E-state index contributed by atoms with van der Waals surface area (Å²) in [5.74, 6) is 0. The molecule has 0 aromatic carbocycles. The minimum atomic E-state index is 0.728. The molecule has 1 aliphatic heterocycles. The Bertz CT molecular complexity index is 243. The van der Waals surface area contributed by atoms with Crippen LogP contribution in [0.4, 0.5) is 0 Å². The Morgan fingerprint density at radius 2 is 1.93 bits per heavy atom. The lowest BCUT2D eigenvalue weighted by Crippen LogP contribution is -2.17. The van der Waals surface area contributed by atoms with E-state index in [9.17, 15) is 0 Å². The maximum atomic E-state index is 5.27. The normalized spacial score (nSPS) is 12.9. The quantitative estimate of drug-likeness (QED) is 0.641. The highest BCUT2D eigenvalue weighted by atomic mass is 16.5. The molecule has 2 heterocycles. The molecule has 2 rings (SSSR count). The Labute approximate surface area is 87.1 Å². The standard InChI is InChI=1S/C7H10N2O.2C2H6/c1-6-4-8-9-2-3-10-5-7(6)9;2*1-2/h4H,2-3,5H2,1H3;2*1-2H3. The average molecular weight is 198 g/mol. The molecule has 3 nitrogen and oxygen atoms in total. The Morgan fingerprint density at radius 1 is 1.29 bits per heavy atom. The number of rotatable bonds is 0. The van der Waals surface area contributed by atoms with Crippen LogP contribution in [0, 0.1) is 6.92 Å². The third-order valence-corrected chi connectivity index (χ3v) is 1.84. The fourth-order valence-electron chi connectivity index (χ4n) is 1.20. The maximum absolute atomic E-state index is 5.27. The van der Waals surface area contributed by atoms with Gasteiger partial charge >= 0.3 is 0 Å². The average Bonchev–Trinajstić information content (AvgIpc) is 2.67. The lowest BCUT2D eigenvalue weighted by Gasteiger charge is -2.14. The molecule has 0 unspecified atom stereocenters. The van der Waals surface area contributed by atoms with Gasteiger partial charge in [-0.1, -0.05) is 27.7 Å². The highest BCUT2D eigenvalue weighted by molar-refractivity contribution is 5.15. The van der Waals surface area contributed by atoms with Gasteiger partial charge in [0.05, 0.1) is 31.6 Å². The van der Waals surface area contributed by atoms with Gasteiger partial charge in [-0.3, -0.25) is 4.68 Å². The molecule has 1 aromatic heterocycles. The summed E-state index contributed by atoms with van der Waals surface area (Å²) in [6.45, 7) is 12.5. The summed E-state index contributed by atoms with van der Waals surface area (Å²) in [6, 6.07) is 0. The van der Waals surface area contributed by atoms with Crippen molar-refractivity contribution in [1.82, 2.24) is 9.78 Å². The van der Waals surface area contributed by atoms with Crippen LogP contribution in [0.25, 0.3) is 0 Å². The Hall–Kier alpha value is -0.830. The van der Waals surface area contributed by atoms with Crippen LogP contribution in [0.15, 0.2) is 6.20 Å². The van der Waals surface area contributed by atoms with Gasteiger partial charge in [0, 0.05) is 0 Å². The fourth-order valence-corrected chi connectivity index (χ4v) is 1.20. The molecule has 82 valence electrons. The Morgan fingerprint density at radius 3 is 2.50 bits per heavy atom. The first-order chi connectivity index (χ1) is 6.88. The fraction of sp³-hybridized carbons (Fsp3) is 0.727. The summed E-state index contributed by atoms with van der Waals surface area (Å²) < 4.78 is 7.29. The van der Waals surface area contributed by atoms with Crippen LogP contribution in [0.5, 0.6) is 0 Å². The van der Waals surface area contributed by atoms with E-state index in [2.05, 4.69) is 12.0 Å². The molecule has 0 radical (unpaired) electrons. The molecule has 0 saturated heterocycles. The maximum Gasteiger partial charge on any atom is 0.0888 e. The van der Waals surface area contributed by atoms with Crippen LogP contribution in [-0.2, 0) is 17.9 Å². The minimum Gasteiger partial charge on any atom is -0.373 e. The van der Waals surface area contributed by atoms with Gasteiger partial charge in [-0.05, 0) is 12.5 Å². The van der Waals surface area contributed by atoms with Gasteiger partial charge in [-0.15, -0.1) is 0 Å². The molecule has 14 heavy (non-hydrogen) atoms. The second-order valence-corrected chi connectivity index (χ2v) is 2.55. The third-order valence-electron chi connectivity index (χ3n) is 1.84. The summed E-state index contributed by atoms with van der Waals surface area (Å²) in [5.41, 5.74) is 2.46. The van der Waals surface area contributed by atoms with E-state index in [0.29, 0.717) is 0 Å². The number of aromatic nitrogens is 2. The van der Waals surface area contributed by atoms with Crippen molar-refractivity contribution < 1.29 is 4.74 Å². The first-order valence-corrected chi connectivity index (χ1v) is 5.47. The number of aryl methyl sites for hydroxylation is 1. The highest BCUT2D eigenvalue weighted by Crippen LogP contribution is 2.11. The van der Waals surface area contributed by atoms with Crippen LogP contribution in [0.2, 0.25) is 0 Å². The van der Waals surface area contributed by atoms with Crippen molar-refractivity contribution in [3.05, 3.63) is 17.5 Å². The van der Waals surface area contributed by atoms with Crippen molar-refractivity contribution in [2.75, 3.05) is 6.61 Å². The highest BCUT2D eigenvalue weighted by Gasteiger charge is 2.11. The van der Waals surface area contributed by atoms with Crippen LogP contribution in [0.1, 0.15) is 39.0 Å². The smallest absolute Gasteiger partial charge is 0.0888 e. The summed E-state index contributed by atoms with van der Waals surface area (Å²) >= 11 is 0. The summed E-state index contributed by atoms with van der Waals surface area (Å²) in [7, 11) is 0. The van der Waals surface area contributed by atoms with Crippen molar-refractivity contribution >= 4 is 0 Å². The molecular weight excluding hydrogens is 176 g/mol. The lowest BCUT2D eigenvalue weighted by molar-refractivity contribution is 0.0796. The molecule has 0 spiro atoms. The Kier molecular flexibility index (Phi) is 7.11. The second kappa shape index (κ2) is 7.56. The number of hydrogen-bond acceptors (Lipinski definition) is 2. The SMILES string of the molecule is CC.CC.Cc1cnn2c1COCC2. The van der Waals surface area contributed by atoms with E-state index < -0.39 is 0 Å². The number of fused-ring (bicyclic) bond motifs is 1. The van der Waals surface area contributed by atoms with Crippen LogP contribution < -0.4 is 0 Å². The third kappa shape index (κ3) is 3.14. The number of ether oxygens (including phenoxy) is 1. The molecule has 0 aliphatic carbocycles.